The summed E-state index contributed by atoms with van der Waals surface area (Å²) in [4.78, 5) is 11.0. The molecule has 0 heterocycles. The van der Waals surface area contributed by atoms with Crippen molar-refractivity contribution in [2.45, 2.75) is 19.8 Å². The van der Waals surface area contributed by atoms with Crippen molar-refractivity contribution in [1.29, 1.82) is 0 Å². The number of alkyl halides is 2. The van der Waals surface area contributed by atoms with Crippen LogP contribution in [0.25, 0.3) is 0 Å². The quantitative estimate of drug-likeness (QED) is 0.638. The summed E-state index contributed by atoms with van der Waals surface area (Å²) in [6.07, 6.45) is -2.57. The summed E-state index contributed by atoms with van der Waals surface area (Å²) >= 11 is 0. The average Bonchev–Trinajstić information content (AvgIpc) is 2.22. The Morgan fingerprint density at radius 2 is 2.12 bits per heavy atom. The summed E-state index contributed by atoms with van der Waals surface area (Å²) < 4.78 is 29.5. The number of esters is 1. The van der Waals surface area contributed by atoms with Crippen molar-refractivity contribution in [3.8, 4) is 0 Å². The van der Waals surface area contributed by atoms with E-state index in [-0.39, 0.29) is 17.7 Å². The standard InChI is InChI=1S/C11H13F2NO2/c1-6-3-7(4-10(15)16-2)9(14)5-8(6)11(12)13/h3,5,11H,4,14H2,1-2H3. The number of carbonyl (C=O) groups excluding carboxylic acids is 1. The third kappa shape index (κ3) is 2.68. The highest BCUT2D eigenvalue weighted by atomic mass is 19.3. The number of rotatable bonds is 3. The number of hydrogen-bond donors (Lipinski definition) is 1. The molecule has 3 nitrogen and oxygen atoms in total. The molecule has 0 saturated carbocycles. The van der Waals surface area contributed by atoms with Gasteiger partial charge in [-0.3, -0.25) is 4.79 Å². The molecule has 1 rings (SSSR count). The Morgan fingerprint density at radius 1 is 1.50 bits per heavy atom. The summed E-state index contributed by atoms with van der Waals surface area (Å²) in [6, 6.07) is 2.70. The zero-order chi connectivity index (χ0) is 12.3. The van der Waals surface area contributed by atoms with Crippen molar-refractivity contribution in [2.75, 3.05) is 12.8 Å². The van der Waals surface area contributed by atoms with Crippen molar-refractivity contribution in [3.05, 3.63) is 28.8 Å². The molecule has 0 spiro atoms. The van der Waals surface area contributed by atoms with Gasteiger partial charge >= 0.3 is 5.97 Å². The lowest BCUT2D eigenvalue weighted by molar-refractivity contribution is -0.139. The van der Waals surface area contributed by atoms with Crippen LogP contribution in [0.1, 0.15) is 23.1 Å². The summed E-state index contributed by atoms with van der Waals surface area (Å²) in [5.74, 6) is -0.448. The smallest absolute Gasteiger partial charge is 0.310 e. The second kappa shape index (κ2) is 4.92. The summed E-state index contributed by atoms with van der Waals surface area (Å²) in [7, 11) is 1.26. The molecule has 0 bridgehead atoms. The first-order valence-electron chi connectivity index (χ1n) is 4.69. The Labute approximate surface area is 92.2 Å². The molecule has 0 radical (unpaired) electrons. The van der Waals surface area contributed by atoms with Crippen LogP contribution in [0.4, 0.5) is 14.5 Å². The molecule has 16 heavy (non-hydrogen) atoms. The van der Waals surface area contributed by atoms with Crippen LogP contribution in [0.5, 0.6) is 0 Å². The van der Waals surface area contributed by atoms with E-state index >= 15 is 0 Å². The van der Waals surface area contributed by atoms with Crippen LogP contribution in [-0.4, -0.2) is 13.1 Å². The lowest BCUT2D eigenvalue weighted by atomic mass is 10.0. The first kappa shape index (κ1) is 12.4. The molecular formula is C11H13F2NO2. The van der Waals surface area contributed by atoms with Gasteiger partial charge in [-0.1, -0.05) is 6.07 Å². The van der Waals surface area contributed by atoms with Crippen molar-refractivity contribution in [2.24, 2.45) is 0 Å². The summed E-state index contributed by atoms with van der Waals surface area (Å²) in [5.41, 5.74) is 6.60. The largest absolute Gasteiger partial charge is 0.469 e. The Bertz CT molecular complexity index is 405. The van der Waals surface area contributed by atoms with Crippen LogP contribution in [0.15, 0.2) is 12.1 Å². The molecule has 0 aromatic heterocycles. The van der Waals surface area contributed by atoms with Gasteiger partial charge in [0, 0.05) is 11.3 Å². The van der Waals surface area contributed by atoms with Crippen LogP contribution < -0.4 is 5.73 Å². The second-order valence-corrected chi connectivity index (χ2v) is 3.46. The number of hydrogen-bond acceptors (Lipinski definition) is 3. The van der Waals surface area contributed by atoms with Gasteiger partial charge in [-0.05, 0) is 24.1 Å². The van der Waals surface area contributed by atoms with E-state index in [2.05, 4.69) is 4.74 Å². The number of anilines is 1. The van der Waals surface area contributed by atoms with Gasteiger partial charge in [0.25, 0.3) is 6.43 Å². The van der Waals surface area contributed by atoms with E-state index in [1.54, 1.807) is 6.92 Å². The number of nitrogens with two attached hydrogens (primary N) is 1. The van der Waals surface area contributed by atoms with Crippen LogP contribution >= 0.6 is 0 Å². The van der Waals surface area contributed by atoms with E-state index in [0.717, 1.165) is 0 Å². The highest BCUT2D eigenvalue weighted by molar-refractivity contribution is 5.75. The summed E-state index contributed by atoms with van der Waals surface area (Å²) in [5, 5.41) is 0. The molecule has 0 saturated heterocycles. The van der Waals surface area contributed by atoms with Gasteiger partial charge in [0.1, 0.15) is 0 Å². The van der Waals surface area contributed by atoms with E-state index in [4.69, 9.17) is 5.73 Å². The van der Waals surface area contributed by atoms with E-state index in [1.807, 2.05) is 0 Å². The minimum Gasteiger partial charge on any atom is -0.469 e. The maximum Gasteiger partial charge on any atom is 0.310 e. The molecule has 0 fully saturated rings. The minimum absolute atomic E-state index is 0.00725. The molecule has 1 aromatic carbocycles. The molecule has 88 valence electrons. The van der Waals surface area contributed by atoms with Crippen molar-refractivity contribution in [1.82, 2.24) is 0 Å². The number of methoxy groups -OCH3 is 1. The fourth-order valence-corrected chi connectivity index (χ4v) is 1.42. The van der Waals surface area contributed by atoms with E-state index in [0.29, 0.717) is 11.1 Å². The molecule has 2 N–H and O–H groups in total. The fraction of sp³-hybridized carbons (Fsp3) is 0.364. The first-order chi connectivity index (χ1) is 7.45. The number of halogens is 2. The van der Waals surface area contributed by atoms with Gasteiger partial charge in [-0.15, -0.1) is 0 Å². The Kier molecular flexibility index (Phi) is 3.82. The number of ether oxygens (including phenoxy) is 1. The minimum atomic E-state index is -2.56. The normalized spacial score (nSPS) is 10.6. The summed E-state index contributed by atoms with van der Waals surface area (Å²) in [6.45, 7) is 1.56. The molecule has 0 aliphatic carbocycles. The molecule has 0 unspecified atom stereocenters. The van der Waals surface area contributed by atoms with Gasteiger partial charge < -0.3 is 10.5 Å². The van der Waals surface area contributed by atoms with Gasteiger partial charge in [-0.2, -0.15) is 0 Å². The maximum absolute atomic E-state index is 12.5. The molecule has 5 heteroatoms. The lowest BCUT2D eigenvalue weighted by Crippen LogP contribution is -2.08. The van der Waals surface area contributed by atoms with Crippen molar-refractivity contribution >= 4 is 11.7 Å². The number of nitrogen functional groups attached to an aromatic ring is 1. The second-order valence-electron chi connectivity index (χ2n) is 3.46. The fourth-order valence-electron chi connectivity index (χ4n) is 1.42. The van der Waals surface area contributed by atoms with Crippen LogP contribution in [0.3, 0.4) is 0 Å². The average molecular weight is 229 g/mol. The maximum atomic E-state index is 12.5. The van der Waals surface area contributed by atoms with Gasteiger partial charge in [0.05, 0.1) is 13.5 Å². The van der Waals surface area contributed by atoms with Gasteiger partial charge in [0.15, 0.2) is 0 Å². The molecule has 1 aromatic rings. The highest BCUT2D eigenvalue weighted by Crippen LogP contribution is 2.27. The molecule has 0 atom stereocenters. The predicted octanol–water partition coefficient (Wildman–Crippen LogP) is 2.23. The predicted molar refractivity (Wildman–Crippen MR) is 56.3 cm³/mol. The van der Waals surface area contributed by atoms with E-state index < -0.39 is 12.4 Å². The zero-order valence-corrected chi connectivity index (χ0v) is 9.09. The number of carbonyl (C=O) groups is 1. The Balaban J connectivity index is 3.05. The van der Waals surface area contributed by atoms with E-state index in [9.17, 15) is 13.6 Å². The molecular weight excluding hydrogens is 216 g/mol. The Morgan fingerprint density at radius 3 is 2.62 bits per heavy atom. The number of aryl methyl sites for hydroxylation is 1. The SMILES string of the molecule is COC(=O)Cc1cc(C)c(C(F)F)cc1N. The zero-order valence-electron chi connectivity index (χ0n) is 9.09. The lowest BCUT2D eigenvalue weighted by Gasteiger charge is -2.10. The number of benzene rings is 1. The topological polar surface area (TPSA) is 52.3 Å². The van der Waals surface area contributed by atoms with Crippen LogP contribution in [-0.2, 0) is 16.0 Å². The molecule has 0 aliphatic heterocycles. The van der Waals surface area contributed by atoms with Crippen molar-refractivity contribution < 1.29 is 18.3 Å². The molecule has 0 amide bonds. The van der Waals surface area contributed by atoms with Crippen LogP contribution in [0, 0.1) is 6.92 Å². The van der Waals surface area contributed by atoms with Gasteiger partial charge in [0.2, 0.25) is 0 Å². The van der Waals surface area contributed by atoms with Crippen LogP contribution in [0.2, 0.25) is 0 Å². The third-order valence-electron chi connectivity index (χ3n) is 2.33. The first-order valence-corrected chi connectivity index (χ1v) is 4.69. The Hall–Kier alpha value is -1.65. The van der Waals surface area contributed by atoms with E-state index in [1.165, 1.54) is 19.2 Å². The molecule has 0 aliphatic rings. The third-order valence-corrected chi connectivity index (χ3v) is 2.33. The van der Waals surface area contributed by atoms with Gasteiger partial charge in [-0.25, -0.2) is 8.78 Å². The van der Waals surface area contributed by atoms with Crippen molar-refractivity contribution in [3.63, 3.8) is 0 Å². The monoisotopic (exact) mass is 229 g/mol. The highest BCUT2D eigenvalue weighted by Gasteiger charge is 2.14.